The van der Waals surface area contributed by atoms with E-state index in [0.29, 0.717) is 5.92 Å². The Kier molecular flexibility index (Phi) is 2.17. The molecule has 3 rings (SSSR count). The van der Waals surface area contributed by atoms with Crippen LogP contribution in [0.2, 0.25) is 0 Å². The van der Waals surface area contributed by atoms with Crippen molar-refractivity contribution in [3.8, 4) is 0 Å². The van der Waals surface area contributed by atoms with Gasteiger partial charge in [-0.25, -0.2) is 9.50 Å². The Labute approximate surface area is 94.9 Å². The maximum absolute atomic E-state index is 4.64. The molecule has 1 aliphatic rings. The molecule has 1 atom stereocenters. The molecule has 84 valence electrons. The first-order chi connectivity index (χ1) is 7.72. The van der Waals surface area contributed by atoms with Crippen LogP contribution in [0.25, 0.3) is 5.65 Å². The van der Waals surface area contributed by atoms with Gasteiger partial charge < -0.3 is 4.90 Å². The molecule has 0 N–H and O–H groups in total. The molecule has 0 spiro atoms. The highest BCUT2D eigenvalue weighted by Gasteiger charge is 2.22. The maximum Gasteiger partial charge on any atom is 0.153 e. The Morgan fingerprint density at radius 2 is 2.25 bits per heavy atom. The highest BCUT2D eigenvalue weighted by molar-refractivity contribution is 5.38. The van der Waals surface area contributed by atoms with Gasteiger partial charge in [0.1, 0.15) is 0 Å². The molecular weight excluding hydrogens is 200 g/mol. The van der Waals surface area contributed by atoms with Gasteiger partial charge in [-0.1, -0.05) is 0 Å². The standard InChI is InChI=1S/C12H16N4/c1-9-7-16-12(13-9)4-3-11(14-16)10-5-6-15(2)8-10/h3-4,7,10H,5-6,8H2,1-2H3. The summed E-state index contributed by atoms with van der Waals surface area (Å²) in [6.07, 6.45) is 3.19. The van der Waals surface area contributed by atoms with Crippen LogP contribution in [0.4, 0.5) is 0 Å². The zero-order chi connectivity index (χ0) is 11.1. The summed E-state index contributed by atoms with van der Waals surface area (Å²) in [7, 11) is 2.17. The monoisotopic (exact) mass is 216 g/mol. The molecule has 4 heteroatoms. The molecule has 0 bridgehead atoms. The number of hydrogen-bond acceptors (Lipinski definition) is 3. The van der Waals surface area contributed by atoms with Crippen molar-refractivity contribution in [2.24, 2.45) is 0 Å². The number of hydrogen-bond donors (Lipinski definition) is 0. The van der Waals surface area contributed by atoms with Gasteiger partial charge in [0.25, 0.3) is 0 Å². The first-order valence-electron chi connectivity index (χ1n) is 5.74. The number of aryl methyl sites for hydroxylation is 1. The molecule has 1 saturated heterocycles. The average Bonchev–Trinajstić information content (AvgIpc) is 2.81. The van der Waals surface area contributed by atoms with Crippen LogP contribution in [-0.4, -0.2) is 39.6 Å². The van der Waals surface area contributed by atoms with E-state index in [1.807, 2.05) is 17.6 Å². The van der Waals surface area contributed by atoms with E-state index in [4.69, 9.17) is 0 Å². The van der Waals surface area contributed by atoms with Crippen molar-refractivity contribution in [2.45, 2.75) is 19.3 Å². The summed E-state index contributed by atoms with van der Waals surface area (Å²) < 4.78 is 1.89. The SMILES string of the molecule is Cc1cn2nc(C3CCN(C)C3)ccc2n1. The largest absolute Gasteiger partial charge is 0.306 e. The van der Waals surface area contributed by atoms with Crippen molar-refractivity contribution in [3.63, 3.8) is 0 Å². The van der Waals surface area contributed by atoms with Crippen molar-refractivity contribution in [1.29, 1.82) is 0 Å². The molecule has 2 aromatic heterocycles. The lowest BCUT2D eigenvalue weighted by Crippen LogP contribution is -2.14. The van der Waals surface area contributed by atoms with Gasteiger partial charge in [0.15, 0.2) is 5.65 Å². The van der Waals surface area contributed by atoms with Gasteiger partial charge in [-0.3, -0.25) is 0 Å². The zero-order valence-electron chi connectivity index (χ0n) is 9.72. The van der Waals surface area contributed by atoms with Gasteiger partial charge in [0.2, 0.25) is 0 Å². The number of nitrogens with zero attached hydrogens (tertiary/aromatic N) is 4. The Morgan fingerprint density at radius 3 is 3.00 bits per heavy atom. The first kappa shape index (κ1) is 9.78. The van der Waals surface area contributed by atoms with Gasteiger partial charge in [0, 0.05) is 12.5 Å². The van der Waals surface area contributed by atoms with E-state index in [1.165, 1.54) is 18.7 Å². The molecular formula is C12H16N4. The van der Waals surface area contributed by atoms with Crippen molar-refractivity contribution >= 4 is 5.65 Å². The Morgan fingerprint density at radius 1 is 1.38 bits per heavy atom. The van der Waals surface area contributed by atoms with Crippen LogP contribution in [0.3, 0.4) is 0 Å². The fourth-order valence-electron chi connectivity index (χ4n) is 2.41. The molecule has 1 unspecified atom stereocenters. The average molecular weight is 216 g/mol. The van der Waals surface area contributed by atoms with Crippen LogP contribution in [0, 0.1) is 6.92 Å². The van der Waals surface area contributed by atoms with E-state index in [0.717, 1.165) is 17.9 Å². The fraction of sp³-hybridized carbons (Fsp3) is 0.500. The molecule has 3 heterocycles. The summed E-state index contributed by atoms with van der Waals surface area (Å²) in [6.45, 7) is 4.29. The lowest BCUT2D eigenvalue weighted by atomic mass is 10.1. The number of fused-ring (bicyclic) bond motifs is 1. The van der Waals surface area contributed by atoms with Crippen LogP contribution < -0.4 is 0 Å². The van der Waals surface area contributed by atoms with Crippen LogP contribution in [0.5, 0.6) is 0 Å². The molecule has 2 aromatic rings. The molecule has 0 radical (unpaired) electrons. The molecule has 0 aliphatic carbocycles. The molecule has 1 aliphatic heterocycles. The second-order valence-electron chi connectivity index (χ2n) is 4.69. The third-order valence-electron chi connectivity index (χ3n) is 3.27. The van der Waals surface area contributed by atoms with Crippen LogP contribution in [0.15, 0.2) is 18.3 Å². The molecule has 1 fully saturated rings. The van der Waals surface area contributed by atoms with E-state index in [9.17, 15) is 0 Å². The highest BCUT2D eigenvalue weighted by Crippen LogP contribution is 2.24. The van der Waals surface area contributed by atoms with Gasteiger partial charge in [0.05, 0.1) is 17.6 Å². The quantitative estimate of drug-likeness (QED) is 0.723. The van der Waals surface area contributed by atoms with Gasteiger partial charge in [-0.15, -0.1) is 0 Å². The smallest absolute Gasteiger partial charge is 0.153 e. The zero-order valence-corrected chi connectivity index (χ0v) is 9.72. The summed E-state index contributed by atoms with van der Waals surface area (Å²) in [6, 6.07) is 4.18. The molecule has 0 aromatic carbocycles. The molecule has 16 heavy (non-hydrogen) atoms. The molecule has 4 nitrogen and oxygen atoms in total. The number of imidazole rings is 1. The van der Waals surface area contributed by atoms with Crippen LogP contribution >= 0.6 is 0 Å². The van der Waals surface area contributed by atoms with Crippen molar-refractivity contribution in [2.75, 3.05) is 20.1 Å². The van der Waals surface area contributed by atoms with E-state index in [1.54, 1.807) is 0 Å². The van der Waals surface area contributed by atoms with Gasteiger partial charge in [-0.2, -0.15) is 5.10 Å². The second kappa shape index (κ2) is 3.56. The van der Waals surface area contributed by atoms with Crippen molar-refractivity contribution in [3.05, 3.63) is 29.7 Å². The van der Waals surface area contributed by atoms with Crippen LogP contribution in [0.1, 0.15) is 23.7 Å². The minimum atomic E-state index is 0.581. The molecule has 0 amide bonds. The van der Waals surface area contributed by atoms with Crippen molar-refractivity contribution < 1.29 is 0 Å². The third-order valence-corrected chi connectivity index (χ3v) is 3.27. The summed E-state index contributed by atoms with van der Waals surface area (Å²) >= 11 is 0. The maximum atomic E-state index is 4.64. The normalized spacial score (nSPS) is 22.0. The summed E-state index contributed by atoms with van der Waals surface area (Å²) in [4.78, 5) is 6.74. The van der Waals surface area contributed by atoms with E-state index >= 15 is 0 Å². The fourth-order valence-corrected chi connectivity index (χ4v) is 2.41. The highest BCUT2D eigenvalue weighted by atomic mass is 15.3. The minimum Gasteiger partial charge on any atom is -0.306 e. The van der Waals surface area contributed by atoms with Crippen molar-refractivity contribution in [1.82, 2.24) is 19.5 Å². The Balaban J connectivity index is 1.98. The Hall–Kier alpha value is -1.42. The lowest BCUT2D eigenvalue weighted by Gasteiger charge is -2.09. The van der Waals surface area contributed by atoms with E-state index in [-0.39, 0.29) is 0 Å². The predicted octanol–water partition coefficient (Wildman–Crippen LogP) is 1.46. The topological polar surface area (TPSA) is 33.4 Å². The number of aromatic nitrogens is 3. The summed E-state index contributed by atoms with van der Waals surface area (Å²) in [5.41, 5.74) is 3.15. The van der Waals surface area contributed by atoms with Gasteiger partial charge >= 0.3 is 0 Å². The third kappa shape index (κ3) is 1.59. The Bertz CT molecular complexity index is 517. The van der Waals surface area contributed by atoms with E-state index in [2.05, 4.69) is 34.2 Å². The number of rotatable bonds is 1. The van der Waals surface area contributed by atoms with E-state index < -0.39 is 0 Å². The molecule has 0 saturated carbocycles. The lowest BCUT2D eigenvalue weighted by molar-refractivity contribution is 0.410. The predicted molar refractivity (Wildman–Crippen MR) is 62.6 cm³/mol. The summed E-state index contributed by atoms with van der Waals surface area (Å²) in [5.74, 6) is 0.581. The number of likely N-dealkylation sites (N-methyl/N-ethyl adjacent to an activating group) is 1. The van der Waals surface area contributed by atoms with Crippen LogP contribution in [-0.2, 0) is 0 Å². The summed E-state index contributed by atoms with van der Waals surface area (Å²) in [5, 5.41) is 4.64. The first-order valence-corrected chi connectivity index (χ1v) is 5.74. The minimum absolute atomic E-state index is 0.581. The number of likely N-dealkylation sites (tertiary alicyclic amines) is 1. The van der Waals surface area contributed by atoms with Gasteiger partial charge in [-0.05, 0) is 39.1 Å². The second-order valence-corrected chi connectivity index (χ2v) is 4.69.